The standard InChI is InChI=1S/C18H23NO4/c1-20-15-5-3-4-6-16(15)22-11-12-23-17-8-7-14(9-10-19)13-18(17)21-2/h3-8,13H,9-12,19H2,1-2H3. The maximum Gasteiger partial charge on any atom is 0.161 e. The molecule has 0 fully saturated rings. The van der Waals surface area contributed by atoms with Gasteiger partial charge in [-0.05, 0) is 42.8 Å². The number of methoxy groups -OCH3 is 2. The summed E-state index contributed by atoms with van der Waals surface area (Å²) in [5.74, 6) is 2.80. The Hall–Kier alpha value is -2.40. The topological polar surface area (TPSA) is 62.9 Å². The van der Waals surface area contributed by atoms with Crippen molar-refractivity contribution in [3.63, 3.8) is 0 Å². The zero-order chi connectivity index (χ0) is 16.5. The highest BCUT2D eigenvalue weighted by Crippen LogP contribution is 2.29. The molecule has 0 radical (unpaired) electrons. The molecule has 23 heavy (non-hydrogen) atoms. The summed E-state index contributed by atoms with van der Waals surface area (Å²) >= 11 is 0. The molecule has 0 saturated carbocycles. The maximum absolute atomic E-state index is 5.73. The molecule has 0 heterocycles. The van der Waals surface area contributed by atoms with E-state index in [1.165, 1.54) is 0 Å². The van der Waals surface area contributed by atoms with Crippen LogP contribution in [0, 0.1) is 0 Å². The zero-order valence-corrected chi connectivity index (χ0v) is 13.6. The Morgan fingerprint density at radius 1 is 0.783 bits per heavy atom. The van der Waals surface area contributed by atoms with Gasteiger partial charge in [-0.1, -0.05) is 18.2 Å². The van der Waals surface area contributed by atoms with E-state index in [4.69, 9.17) is 24.7 Å². The van der Waals surface area contributed by atoms with Crippen molar-refractivity contribution in [3.05, 3.63) is 48.0 Å². The van der Waals surface area contributed by atoms with Crippen molar-refractivity contribution >= 4 is 0 Å². The van der Waals surface area contributed by atoms with Crippen molar-refractivity contribution in [1.29, 1.82) is 0 Å². The smallest absolute Gasteiger partial charge is 0.161 e. The van der Waals surface area contributed by atoms with Crippen LogP contribution in [-0.2, 0) is 6.42 Å². The molecular formula is C18H23NO4. The Balaban J connectivity index is 1.88. The van der Waals surface area contributed by atoms with Crippen LogP contribution in [-0.4, -0.2) is 34.0 Å². The fraction of sp³-hybridized carbons (Fsp3) is 0.333. The van der Waals surface area contributed by atoms with Crippen LogP contribution >= 0.6 is 0 Å². The number of hydrogen-bond donors (Lipinski definition) is 1. The summed E-state index contributed by atoms with van der Waals surface area (Å²) in [7, 11) is 3.24. The SMILES string of the molecule is COc1ccccc1OCCOc1ccc(CCN)cc1OC. The van der Waals surface area contributed by atoms with E-state index in [-0.39, 0.29) is 0 Å². The van der Waals surface area contributed by atoms with Crippen molar-refractivity contribution in [3.8, 4) is 23.0 Å². The van der Waals surface area contributed by atoms with Gasteiger partial charge in [0.2, 0.25) is 0 Å². The van der Waals surface area contributed by atoms with E-state index in [9.17, 15) is 0 Å². The van der Waals surface area contributed by atoms with Crippen LogP contribution in [0.15, 0.2) is 42.5 Å². The zero-order valence-electron chi connectivity index (χ0n) is 13.6. The van der Waals surface area contributed by atoms with Crippen LogP contribution in [0.3, 0.4) is 0 Å². The summed E-state index contributed by atoms with van der Waals surface area (Å²) in [5.41, 5.74) is 6.70. The van der Waals surface area contributed by atoms with E-state index in [0.717, 1.165) is 12.0 Å². The minimum Gasteiger partial charge on any atom is -0.493 e. The average molecular weight is 317 g/mol. The molecule has 0 unspecified atom stereocenters. The van der Waals surface area contributed by atoms with Gasteiger partial charge in [-0.2, -0.15) is 0 Å². The molecule has 0 aromatic heterocycles. The third-order valence-electron chi connectivity index (χ3n) is 3.33. The van der Waals surface area contributed by atoms with Gasteiger partial charge in [0.1, 0.15) is 13.2 Å². The molecule has 0 saturated heterocycles. The van der Waals surface area contributed by atoms with Crippen molar-refractivity contribution in [2.24, 2.45) is 5.73 Å². The third-order valence-corrected chi connectivity index (χ3v) is 3.33. The first-order valence-electron chi connectivity index (χ1n) is 7.54. The first kappa shape index (κ1) is 17.0. The van der Waals surface area contributed by atoms with E-state index in [1.807, 2.05) is 42.5 Å². The molecule has 0 aliphatic carbocycles. The van der Waals surface area contributed by atoms with Gasteiger partial charge in [0.25, 0.3) is 0 Å². The van der Waals surface area contributed by atoms with Crippen LogP contribution in [0.2, 0.25) is 0 Å². The fourth-order valence-electron chi connectivity index (χ4n) is 2.19. The molecule has 5 nitrogen and oxygen atoms in total. The van der Waals surface area contributed by atoms with Gasteiger partial charge >= 0.3 is 0 Å². The Bertz CT molecular complexity index is 616. The maximum atomic E-state index is 5.73. The Labute approximate surface area is 136 Å². The van der Waals surface area contributed by atoms with Gasteiger partial charge in [0, 0.05) is 0 Å². The monoisotopic (exact) mass is 317 g/mol. The van der Waals surface area contributed by atoms with Crippen LogP contribution in [0.1, 0.15) is 5.56 Å². The molecule has 0 atom stereocenters. The quantitative estimate of drug-likeness (QED) is 0.720. The van der Waals surface area contributed by atoms with Gasteiger partial charge in [-0.15, -0.1) is 0 Å². The summed E-state index contributed by atoms with van der Waals surface area (Å²) in [4.78, 5) is 0. The molecule has 2 rings (SSSR count). The Morgan fingerprint density at radius 3 is 2.00 bits per heavy atom. The first-order valence-corrected chi connectivity index (χ1v) is 7.54. The molecule has 0 aliphatic rings. The summed E-state index contributed by atoms with van der Waals surface area (Å²) in [6.07, 6.45) is 0.813. The first-order chi connectivity index (χ1) is 11.3. The van der Waals surface area contributed by atoms with Gasteiger partial charge < -0.3 is 24.7 Å². The van der Waals surface area contributed by atoms with Gasteiger partial charge in [0.15, 0.2) is 23.0 Å². The molecule has 5 heteroatoms. The largest absolute Gasteiger partial charge is 0.493 e. The molecule has 0 aliphatic heterocycles. The number of rotatable bonds is 9. The lowest BCUT2D eigenvalue weighted by Crippen LogP contribution is -2.10. The fourth-order valence-corrected chi connectivity index (χ4v) is 2.19. The lowest BCUT2D eigenvalue weighted by atomic mass is 10.1. The van der Waals surface area contributed by atoms with Crippen LogP contribution in [0.25, 0.3) is 0 Å². The molecule has 124 valence electrons. The van der Waals surface area contributed by atoms with E-state index < -0.39 is 0 Å². The third kappa shape index (κ3) is 4.79. The van der Waals surface area contributed by atoms with Crippen LogP contribution in [0.5, 0.6) is 23.0 Å². The van der Waals surface area contributed by atoms with Crippen molar-refractivity contribution in [1.82, 2.24) is 0 Å². The highest BCUT2D eigenvalue weighted by atomic mass is 16.5. The van der Waals surface area contributed by atoms with Crippen LogP contribution < -0.4 is 24.7 Å². The molecule has 0 bridgehead atoms. The predicted molar refractivity (Wildman–Crippen MR) is 89.7 cm³/mol. The van der Waals surface area contributed by atoms with Crippen molar-refractivity contribution in [2.45, 2.75) is 6.42 Å². The second kappa shape index (κ2) is 8.90. The number of ether oxygens (including phenoxy) is 4. The summed E-state index contributed by atoms with van der Waals surface area (Å²) in [5, 5.41) is 0. The van der Waals surface area contributed by atoms with Crippen LogP contribution in [0.4, 0.5) is 0 Å². The molecule has 0 spiro atoms. The normalized spacial score (nSPS) is 10.2. The number of hydrogen-bond acceptors (Lipinski definition) is 5. The van der Waals surface area contributed by atoms with E-state index in [1.54, 1.807) is 14.2 Å². The Morgan fingerprint density at radius 2 is 1.39 bits per heavy atom. The summed E-state index contributed by atoms with van der Waals surface area (Å²) < 4.78 is 22.0. The molecule has 2 aromatic rings. The van der Waals surface area contributed by atoms with E-state index in [0.29, 0.717) is 42.8 Å². The summed E-state index contributed by atoms with van der Waals surface area (Å²) in [6, 6.07) is 13.4. The van der Waals surface area contributed by atoms with E-state index >= 15 is 0 Å². The van der Waals surface area contributed by atoms with Gasteiger partial charge in [-0.25, -0.2) is 0 Å². The molecule has 0 amide bonds. The minimum absolute atomic E-state index is 0.407. The van der Waals surface area contributed by atoms with Gasteiger partial charge in [-0.3, -0.25) is 0 Å². The minimum atomic E-state index is 0.407. The van der Waals surface area contributed by atoms with Gasteiger partial charge in [0.05, 0.1) is 14.2 Å². The number of benzene rings is 2. The molecular weight excluding hydrogens is 294 g/mol. The lowest BCUT2D eigenvalue weighted by Gasteiger charge is -2.13. The number of nitrogens with two attached hydrogens (primary N) is 1. The predicted octanol–water partition coefficient (Wildman–Crippen LogP) is 2.66. The van der Waals surface area contributed by atoms with Crippen molar-refractivity contribution < 1.29 is 18.9 Å². The molecule has 2 aromatic carbocycles. The average Bonchev–Trinajstić information content (AvgIpc) is 2.60. The Kier molecular flexibility index (Phi) is 6.56. The summed E-state index contributed by atoms with van der Waals surface area (Å²) in [6.45, 7) is 1.43. The lowest BCUT2D eigenvalue weighted by molar-refractivity contribution is 0.206. The second-order valence-corrected chi connectivity index (χ2v) is 4.87. The van der Waals surface area contributed by atoms with E-state index in [2.05, 4.69) is 0 Å². The highest BCUT2D eigenvalue weighted by Gasteiger charge is 2.07. The highest BCUT2D eigenvalue weighted by molar-refractivity contribution is 5.43. The second-order valence-electron chi connectivity index (χ2n) is 4.87. The molecule has 2 N–H and O–H groups in total. The van der Waals surface area contributed by atoms with Crippen molar-refractivity contribution in [2.75, 3.05) is 34.0 Å². The number of para-hydroxylation sites is 2.